The first-order chi connectivity index (χ1) is 12.3. The highest BCUT2D eigenvalue weighted by Gasteiger charge is 2.61. The van der Waals surface area contributed by atoms with E-state index >= 15 is 0 Å². The van der Waals surface area contributed by atoms with Crippen LogP contribution in [-0.2, 0) is 10.2 Å². The van der Waals surface area contributed by atoms with Gasteiger partial charge in [-0.1, -0.05) is 44.1 Å². The van der Waals surface area contributed by atoms with Crippen LogP contribution in [0.15, 0.2) is 29.4 Å². The number of hydrogen-bond donors (Lipinski definition) is 1. The van der Waals surface area contributed by atoms with Crippen LogP contribution in [0.1, 0.15) is 50.9 Å². The number of nitrogens with one attached hydrogen (secondary N) is 1. The Morgan fingerprint density at radius 1 is 1.27 bits per heavy atom. The summed E-state index contributed by atoms with van der Waals surface area (Å²) in [6, 6.07) is 7.04. The number of fused-ring (bicyclic) bond motifs is 5. The zero-order valence-electron chi connectivity index (χ0n) is 15.0. The molecule has 0 radical (unpaired) electrons. The second kappa shape index (κ2) is 6.20. The molecule has 2 bridgehead atoms. The van der Waals surface area contributed by atoms with Crippen LogP contribution in [0.2, 0.25) is 5.02 Å². The summed E-state index contributed by atoms with van der Waals surface area (Å²) in [6.45, 7) is 6.90. The lowest BCUT2D eigenvalue weighted by molar-refractivity contribution is -0.113. The van der Waals surface area contributed by atoms with E-state index in [1.807, 2.05) is 0 Å². The number of carbonyl (C=O) groups excluding carboxylic acids is 1. The molecule has 26 heavy (non-hydrogen) atoms. The molecule has 136 valence electrons. The van der Waals surface area contributed by atoms with Crippen LogP contribution >= 0.6 is 23.4 Å². The molecule has 2 aromatic rings. The molecule has 4 rings (SSSR count). The van der Waals surface area contributed by atoms with Gasteiger partial charge in [0, 0.05) is 22.0 Å². The third-order valence-corrected chi connectivity index (χ3v) is 7.32. The van der Waals surface area contributed by atoms with Crippen molar-refractivity contribution in [1.29, 1.82) is 0 Å². The van der Waals surface area contributed by atoms with Gasteiger partial charge in [0.1, 0.15) is 0 Å². The molecule has 1 aromatic heterocycles. The summed E-state index contributed by atoms with van der Waals surface area (Å²) in [6.07, 6.45) is 2.29. The van der Waals surface area contributed by atoms with E-state index in [0.29, 0.717) is 16.1 Å². The molecule has 0 aliphatic heterocycles. The van der Waals surface area contributed by atoms with Crippen molar-refractivity contribution in [3.8, 4) is 0 Å². The molecular weight excluding hydrogens is 368 g/mol. The summed E-state index contributed by atoms with van der Waals surface area (Å²) in [5.41, 5.74) is 3.06. The van der Waals surface area contributed by atoms with Crippen LogP contribution in [0.4, 0.5) is 5.69 Å². The normalized spacial score (nSPS) is 25.2. The molecule has 0 saturated heterocycles. The number of carbonyl (C=O) groups is 1. The Labute approximate surface area is 162 Å². The fourth-order valence-electron chi connectivity index (χ4n) is 4.28. The van der Waals surface area contributed by atoms with E-state index in [4.69, 9.17) is 16.6 Å². The number of nitrogens with zero attached hydrogens (tertiary/aromatic N) is 3. The van der Waals surface area contributed by atoms with Gasteiger partial charge >= 0.3 is 0 Å². The molecule has 1 aromatic carbocycles. The number of amides is 1. The Balaban J connectivity index is 1.45. The second-order valence-corrected chi connectivity index (χ2v) is 9.20. The molecule has 1 saturated carbocycles. The summed E-state index contributed by atoms with van der Waals surface area (Å²) < 4.78 is 0. The highest BCUT2D eigenvalue weighted by molar-refractivity contribution is 7.99. The predicted molar refractivity (Wildman–Crippen MR) is 104 cm³/mol. The van der Waals surface area contributed by atoms with Gasteiger partial charge in [0.15, 0.2) is 0 Å². The smallest absolute Gasteiger partial charge is 0.234 e. The molecule has 1 amide bonds. The van der Waals surface area contributed by atoms with Gasteiger partial charge in [-0.05, 0) is 42.5 Å². The summed E-state index contributed by atoms with van der Waals surface area (Å²) >= 11 is 7.17. The topological polar surface area (TPSA) is 67.8 Å². The Hall–Kier alpha value is -1.66. The first kappa shape index (κ1) is 17.7. The number of benzene rings is 1. The molecule has 1 heterocycles. The van der Waals surface area contributed by atoms with E-state index in [1.54, 1.807) is 24.3 Å². The summed E-state index contributed by atoms with van der Waals surface area (Å²) in [7, 11) is 0. The molecule has 2 aliphatic carbocycles. The van der Waals surface area contributed by atoms with Crippen LogP contribution in [0, 0.1) is 5.41 Å². The Kier molecular flexibility index (Phi) is 4.23. The van der Waals surface area contributed by atoms with E-state index in [9.17, 15) is 4.79 Å². The summed E-state index contributed by atoms with van der Waals surface area (Å²) in [5.74, 6) is 0.580. The number of aromatic nitrogens is 3. The van der Waals surface area contributed by atoms with Crippen molar-refractivity contribution in [3.63, 3.8) is 0 Å². The van der Waals surface area contributed by atoms with E-state index in [2.05, 4.69) is 36.3 Å². The van der Waals surface area contributed by atoms with Crippen molar-refractivity contribution in [2.45, 2.75) is 50.1 Å². The Morgan fingerprint density at radius 3 is 2.73 bits per heavy atom. The second-order valence-electron chi connectivity index (χ2n) is 7.82. The number of rotatable bonds is 4. The van der Waals surface area contributed by atoms with Crippen LogP contribution in [0.3, 0.4) is 0 Å². The third-order valence-electron chi connectivity index (χ3n) is 6.23. The van der Waals surface area contributed by atoms with Gasteiger partial charge in [-0.25, -0.2) is 4.98 Å². The number of anilines is 1. The first-order valence-corrected chi connectivity index (χ1v) is 10.1. The largest absolute Gasteiger partial charge is 0.325 e. The monoisotopic (exact) mass is 388 g/mol. The van der Waals surface area contributed by atoms with Crippen LogP contribution in [0.5, 0.6) is 0 Å². The van der Waals surface area contributed by atoms with Crippen molar-refractivity contribution in [2.24, 2.45) is 5.41 Å². The van der Waals surface area contributed by atoms with Gasteiger partial charge in [-0.15, -0.1) is 5.10 Å². The average molecular weight is 389 g/mol. The lowest BCUT2D eigenvalue weighted by Crippen LogP contribution is -2.32. The van der Waals surface area contributed by atoms with Gasteiger partial charge in [0.2, 0.25) is 11.1 Å². The average Bonchev–Trinajstić information content (AvgIpc) is 2.94. The highest BCUT2D eigenvalue weighted by atomic mass is 35.5. The zero-order valence-corrected chi connectivity index (χ0v) is 16.6. The van der Waals surface area contributed by atoms with Crippen molar-refractivity contribution in [3.05, 3.63) is 40.7 Å². The molecule has 7 heteroatoms. The predicted octanol–water partition coefficient (Wildman–Crippen LogP) is 4.43. The van der Waals surface area contributed by atoms with Gasteiger partial charge in [-0.2, -0.15) is 5.10 Å². The SMILES string of the molecule is CC1(C)[C@@H]2CC[C@@]1(C)c1nc(SCC(=O)Nc3ccc(Cl)cc3)nnc12. The van der Waals surface area contributed by atoms with Crippen molar-refractivity contribution >= 4 is 35.0 Å². The van der Waals surface area contributed by atoms with E-state index in [0.717, 1.165) is 29.9 Å². The number of halogens is 1. The van der Waals surface area contributed by atoms with Crippen molar-refractivity contribution < 1.29 is 4.79 Å². The Morgan fingerprint density at radius 2 is 2.00 bits per heavy atom. The molecule has 5 nitrogen and oxygen atoms in total. The van der Waals surface area contributed by atoms with Crippen LogP contribution in [0.25, 0.3) is 0 Å². The number of hydrogen-bond acceptors (Lipinski definition) is 5. The minimum atomic E-state index is -0.102. The molecule has 2 atom stereocenters. The lowest BCUT2D eigenvalue weighted by atomic mass is 9.70. The maximum atomic E-state index is 12.2. The molecule has 0 spiro atoms. The maximum absolute atomic E-state index is 12.2. The first-order valence-electron chi connectivity index (χ1n) is 8.74. The van der Waals surface area contributed by atoms with Crippen molar-refractivity contribution in [2.75, 3.05) is 11.1 Å². The molecule has 2 aliphatic rings. The van der Waals surface area contributed by atoms with Crippen molar-refractivity contribution in [1.82, 2.24) is 15.2 Å². The lowest BCUT2D eigenvalue weighted by Gasteiger charge is -2.33. The minimum absolute atomic E-state index is 0.0455. The van der Waals surface area contributed by atoms with Gasteiger partial charge in [0.25, 0.3) is 0 Å². The minimum Gasteiger partial charge on any atom is -0.325 e. The number of thioether (sulfide) groups is 1. The third kappa shape index (κ3) is 2.70. The fraction of sp³-hybridized carbons (Fsp3) is 0.474. The molecule has 0 unspecified atom stereocenters. The standard InChI is InChI=1S/C19H21ClN4OS/c1-18(2)13-8-9-19(18,3)16-15(13)23-24-17(22-16)26-10-14(25)21-12-6-4-11(20)5-7-12/h4-7,13H,8-10H2,1-3H3,(H,21,25)/t13-,19+/m1/s1. The molecular formula is C19H21ClN4OS. The van der Waals surface area contributed by atoms with E-state index < -0.39 is 0 Å². The van der Waals surface area contributed by atoms with Gasteiger partial charge < -0.3 is 5.32 Å². The maximum Gasteiger partial charge on any atom is 0.234 e. The summed E-state index contributed by atoms with van der Waals surface area (Å²) in [5, 5.41) is 12.8. The fourth-order valence-corrected chi connectivity index (χ4v) is 5.00. The van der Waals surface area contributed by atoms with E-state index in [-0.39, 0.29) is 22.5 Å². The zero-order chi connectivity index (χ0) is 18.5. The molecule has 1 fully saturated rings. The highest BCUT2D eigenvalue weighted by Crippen LogP contribution is 2.66. The molecule has 1 N–H and O–H groups in total. The summed E-state index contributed by atoms with van der Waals surface area (Å²) in [4.78, 5) is 16.9. The quantitative estimate of drug-likeness (QED) is 0.784. The van der Waals surface area contributed by atoms with Crippen LogP contribution < -0.4 is 5.32 Å². The van der Waals surface area contributed by atoms with Gasteiger partial charge in [0.05, 0.1) is 17.1 Å². The van der Waals surface area contributed by atoms with Crippen LogP contribution in [-0.4, -0.2) is 26.8 Å². The van der Waals surface area contributed by atoms with Gasteiger partial charge in [-0.3, -0.25) is 4.79 Å². The van der Waals surface area contributed by atoms with E-state index in [1.165, 1.54) is 11.8 Å². The Bertz CT molecular complexity index is 870.